The maximum atomic E-state index is 12.8. The molecule has 0 saturated carbocycles. The molecule has 336 valence electrons. The minimum absolute atomic E-state index is 0.0212. The summed E-state index contributed by atoms with van der Waals surface area (Å²) < 4.78 is 11.5. The molecule has 9 heteroatoms. The number of rotatable bonds is 44. The third-order valence-electron chi connectivity index (χ3n) is 11.6. The first kappa shape index (κ1) is 53.3. The second-order valence-electron chi connectivity index (χ2n) is 17.1. The van der Waals surface area contributed by atoms with Crippen LogP contribution in [0.2, 0.25) is 0 Å². The Morgan fingerprint density at radius 1 is 0.596 bits per heavy atom. The third-order valence-corrected chi connectivity index (χ3v) is 11.6. The van der Waals surface area contributed by atoms with Crippen LogP contribution < -0.4 is 11.0 Å². The summed E-state index contributed by atoms with van der Waals surface area (Å²) in [6.07, 6.45) is 41.6. The van der Waals surface area contributed by atoms with E-state index in [4.69, 9.17) is 9.47 Å². The fourth-order valence-corrected chi connectivity index (χ4v) is 7.86. The van der Waals surface area contributed by atoms with Crippen LogP contribution in [-0.2, 0) is 19.1 Å². The summed E-state index contributed by atoms with van der Waals surface area (Å²) in [6, 6.07) is 0. The Balaban J connectivity index is 2.29. The van der Waals surface area contributed by atoms with Gasteiger partial charge in [0, 0.05) is 19.4 Å². The largest absolute Gasteiger partial charge is 0.466 e. The van der Waals surface area contributed by atoms with Crippen LogP contribution in [0.3, 0.4) is 0 Å². The summed E-state index contributed by atoms with van der Waals surface area (Å²) in [4.78, 5) is 27.6. The van der Waals surface area contributed by atoms with Gasteiger partial charge in [-0.1, -0.05) is 168 Å². The zero-order valence-electron chi connectivity index (χ0n) is 38.0. The number of aliphatic hydroxyl groups is 1. The second-order valence-corrected chi connectivity index (χ2v) is 17.1. The lowest BCUT2D eigenvalue weighted by molar-refractivity contribution is -0.678. The number of carbonyl (C=O) groups is 2. The number of hydrogen-bond donors (Lipinski definition) is 3. The summed E-state index contributed by atoms with van der Waals surface area (Å²) in [6.45, 7) is 11.6. The van der Waals surface area contributed by atoms with Crippen molar-refractivity contribution in [2.75, 3.05) is 39.4 Å². The first-order valence-electron chi connectivity index (χ1n) is 24.8. The van der Waals surface area contributed by atoms with Crippen molar-refractivity contribution >= 4 is 11.9 Å². The summed E-state index contributed by atoms with van der Waals surface area (Å²) >= 11 is 0. The van der Waals surface area contributed by atoms with Crippen LogP contribution in [0.25, 0.3) is 0 Å². The molecule has 1 heterocycles. The van der Waals surface area contributed by atoms with Gasteiger partial charge in [-0.25, -0.2) is 5.43 Å². The fraction of sp³-hybridized carbons (Fsp3) is 0.917. The van der Waals surface area contributed by atoms with E-state index in [-0.39, 0.29) is 24.6 Å². The van der Waals surface area contributed by atoms with E-state index in [2.05, 4.69) is 36.2 Å². The molecule has 1 aliphatic heterocycles. The molecule has 0 aromatic rings. The first-order chi connectivity index (χ1) is 28.0. The molecule has 0 unspecified atom stereocenters. The number of esters is 2. The molecule has 57 heavy (non-hydrogen) atoms. The number of carbonyl (C=O) groups excluding carboxylic acids is 2. The van der Waals surface area contributed by atoms with E-state index >= 15 is 0 Å². The highest BCUT2D eigenvalue weighted by Gasteiger charge is 2.16. The topological polar surface area (TPSA) is 108 Å². The van der Waals surface area contributed by atoms with Gasteiger partial charge in [0.05, 0.1) is 12.8 Å². The maximum Gasteiger partial charge on any atom is 0.306 e. The van der Waals surface area contributed by atoms with Gasteiger partial charge in [0.1, 0.15) is 12.7 Å². The summed E-state index contributed by atoms with van der Waals surface area (Å²) in [5, 5.41) is 11.5. The highest BCUT2D eigenvalue weighted by atomic mass is 16.5. The molecule has 0 amide bonds. The van der Waals surface area contributed by atoms with E-state index in [0.717, 1.165) is 83.2 Å². The lowest BCUT2D eigenvalue weighted by Gasteiger charge is -2.23. The number of nitrogens with two attached hydrogens (primary N) is 1. The molecule has 1 rings (SSSR count). The number of ether oxygens (including phenoxy) is 2. The normalized spacial score (nSPS) is 12.9. The number of hydrazine groups is 1. The minimum Gasteiger partial charge on any atom is -0.466 e. The molecular weight excluding hydrogens is 713 g/mol. The Hall–Kier alpha value is -1.68. The number of quaternary nitrogens is 1. The SMILES string of the molecule is CCCCCCCCCOC(=O)CCCCCCCN(CCCCCCCC(=O)OC(CCCCCCCC)CCCCCCCC)CCCN1C=C(CO)[NH2+]N1. The average molecular weight is 808 g/mol. The molecule has 0 bridgehead atoms. The van der Waals surface area contributed by atoms with Crippen LogP contribution in [0, 0.1) is 0 Å². The van der Waals surface area contributed by atoms with Gasteiger partial charge in [0.2, 0.25) is 0 Å². The zero-order chi connectivity index (χ0) is 41.3. The molecule has 0 saturated heterocycles. The van der Waals surface area contributed by atoms with Crippen LogP contribution in [0.4, 0.5) is 0 Å². The van der Waals surface area contributed by atoms with Gasteiger partial charge in [0.25, 0.3) is 0 Å². The van der Waals surface area contributed by atoms with Crippen molar-refractivity contribution in [3.63, 3.8) is 0 Å². The lowest BCUT2D eigenvalue weighted by Crippen LogP contribution is -2.91. The molecule has 0 radical (unpaired) electrons. The van der Waals surface area contributed by atoms with Gasteiger partial charge in [-0.15, -0.1) is 0 Å². The minimum atomic E-state index is -0.0237. The third kappa shape index (κ3) is 34.9. The molecule has 0 aromatic heterocycles. The molecular formula is C48H95N4O5+. The van der Waals surface area contributed by atoms with Crippen molar-refractivity contribution < 1.29 is 29.6 Å². The van der Waals surface area contributed by atoms with Crippen molar-refractivity contribution in [2.45, 2.75) is 245 Å². The van der Waals surface area contributed by atoms with Crippen molar-refractivity contribution in [3.05, 3.63) is 11.9 Å². The predicted octanol–water partition coefficient (Wildman–Crippen LogP) is 11.2. The summed E-state index contributed by atoms with van der Waals surface area (Å²) in [5.74, 6) is -0.00250. The van der Waals surface area contributed by atoms with E-state index in [1.807, 2.05) is 11.6 Å². The Morgan fingerprint density at radius 2 is 1.04 bits per heavy atom. The Bertz CT molecular complexity index is 919. The molecule has 0 fully saturated rings. The van der Waals surface area contributed by atoms with Crippen molar-refractivity contribution in [1.29, 1.82) is 0 Å². The highest BCUT2D eigenvalue weighted by Crippen LogP contribution is 2.19. The van der Waals surface area contributed by atoms with Crippen LogP contribution >= 0.6 is 0 Å². The molecule has 4 N–H and O–H groups in total. The van der Waals surface area contributed by atoms with Crippen LogP contribution in [0.15, 0.2) is 11.9 Å². The van der Waals surface area contributed by atoms with E-state index < -0.39 is 0 Å². The molecule has 1 aliphatic rings. The molecule has 9 nitrogen and oxygen atoms in total. The number of unbranched alkanes of at least 4 members (excludes halogenated alkanes) is 24. The van der Waals surface area contributed by atoms with Crippen molar-refractivity contribution in [1.82, 2.24) is 15.4 Å². The smallest absolute Gasteiger partial charge is 0.306 e. The Labute approximate surface area is 352 Å². The highest BCUT2D eigenvalue weighted by molar-refractivity contribution is 5.69. The number of nitrogens with zero attached hydrogens (tertiary/aromatic N) is 2. The zero-order valence-corrected chi connectivity index (χ0v) is 38.0. The van der Waals surface area contributed by atoms with Gasteiger partial charge >= 0.3 is 11.9 Å². The standard InChI is InChI=1S/C48H94N4O5/c1-4-7-10-13-16-25-32-42-56-47(54)36-28-21-17-23-30-38-51(40-33-41-52-43-45(44-53)49-50-52)39-31-24-18-22-29-37-48(55)57-46(34-26-19-14-11-8-5-2)35-27-20-15-12-9-6-3/h43,46,49-50,53H,4-42,44H2,1-3H3/p+1. The van der Waals surface area contributed by atoms with Gasteiger partial charge < -0.3 is 19.5 Å². The maximum absolute atomic E-state index is 12.8. The van der Waals surface area contributed by atoms with Crippen LogP contribution in [-0.4, -0.2) is 72.5 Å². The number of nitrogens with one attached hydrogen (secondary N) is 1. The molecule has 0 atom stereocenters. The van der Waals surface area contributed by atoms with E-state index in [1.165, 1.54) is 154 Å². The van der Waals surface area contributed by atoms with Crippen molar-refractivity contribution in [2.24, 2.45) is 0 Å². The quantitative estimate of drug-likeness (QED) is 0.0317. The van der Waals surface area contributed by atoms with E-state index in [0.29, 0.717) is 19.4 Å². The van der Waals surface area contributed by atoms with Gasteiger partial charge in [0.15, 0.2) is 5.70 Å². The van der Waals surface area contributed by atoms with Crippen LogP contribution in [0.1, 0.15) is 239 Å². The molecule has 0 spiro atoms. The lowest BCUT2D eigenvalue weighted by atomic mass is 10.0. The Kier molecular flexibility index (Phi) is 38.4. The van der Waals surface area contributed by atoms with Gasteiger partial charge in [-0.05, 0) is 83.8 Å². The summed E-state index contributed by atoms with van der Waals surface area (Å²) in [7, 11) is 0. The number of hydrogen-bond acceptors (Lipinski definition) is 8. The summed E-state index contributed by atoms with van der Waals surface area (Å²) in [5.41, 5.74) is 6.03. The van der Waals surface area contributed by atoms with E-state index in [1.54, 1.807) is 0 Å². The molecule has 0 aliphatic carbocycles. The molecule has 0 aromatic carbocycles. The van der Waals surface area contributed by atoms with Gasteiger partial charge in [-0.3, -0.25) is 14.6 Å². The fourth-order valence-electron chi connectivity index (χ4n) is 7.86. The second kappa shape index (κ2) is 41.1. The van der Waals surface area contributed by atoms with E-state index in [9.17, 15) is 14.7 Å². The average Bonchev–Trinajstić information content (AvgIpc) is 3.68. The monoisotopic (exact) mass is 808 g/mol. The number of aliphatic hydroxyl groups excluding tert-OH is 1. The predicted molar refractivity (Wildman–Crippen MR) is 238 cm³/mol. The van der Waals surface area contributed by atoms with Crippen LogP contribution in [0.5, 0.6) is 0 Å². The first-order valence-corrected chi connectivity index (χ1v) is 24.8. The Morgan fingerprint density at radius 3 is 1.54 bits per heavy atom. The van der Waals surface area contributed by atoms with Crippen molar-refractivity contribution in [3.8, 4) is 0 Å². The van der Waals surface area contributed by atoms with Gasteiger partial charge in [-0.2, -0.15) is 0 Å².